The Labute approximate surface area is 166 Å². The van der Waals surface area contributed by atoms with Gasteiger partial charge in [0, 0.05) is 28.0 Å². The average molecular weight is 424 g/mol. The zero-order valence-corrected chi connectivity index (χ0v) is 16.7. The van der Waals surface area contributed by atoms with Crippen molar-refractivity contribution in [1.29, 1.82) is 0 Å². The highest BCUT2D eigenvalue weighted by atomic mass is 79.9. The van der Waals surface area contributed by atoms with E-state index in [2.05, 4.69) is 46.3 Å². The largest absolute Gasteiger partial charge is 0.314 e. The standard InChI is InChI=1S/C22H18BrNOS/c1-24-18-13-7-5-11-16(18)20(15-9-3-2-4-10-15)21(22(24)25)26-19-14-8-6-12-17(19)23/h2-14,20-21H,1H3/t20-,21-/m0/s1. The maximum atomic E-state index is 13.3. The first-order valence-corrected chi connectivity index (χ1v) is 10.2. The average Bonchev–Trinajstić information content (AvgIpc) is 2.68. The number of rotatable bonds is 3. The maximum absolute atomic E-state index is 13.3. The highest BCUT2D eigenvalue weighted by molar-refractivity contribution is 9.10. The van der Waals surface area contributed by atoms with E-state index in [1.165, 1.54) is 11.1 Å². The van der Waals surface area contributed by atoms with Gasteiger partial charge in [-0.1, -0.05) is 60.7 Å². The highest BCUT2D eigenvalue weighted by Crippen LogP contribution is 2.47. The van der Waals surface area contributed by atoms with E-state index in [4.69, 9.17) is 0 Å². The number of nitrogens with zero attached hydrogens (tertiary/aromatic N) is 1. The molecule has 1 amide bonds. The van der Waals surface area contributed by atoms with E-state index in [1.54, 1.807) is 16.7 Å². The Morgan fingerprint density at radius 2 is 1.54 bits per heavy atom. The van der Waals surface area contributed by atoms with Crippen LogP contribution in [0.15, 0.2) is 88.2 Å². The van der Waals surface area contributed by atoms with Gasteiger partial charge in [-0.05, 0) is 45.3 Å². The van der Waals surface area contributed by atoms with Crippen LogP contribution < -0.4 is 4.90 Å². The van der Waals surface area contributed by atoms with E-state index in [9.17, 15) is 4.79 Å². The van der Waals surface area contributed by atoms with Crippen LogP contribution in [0.4, 0.5) is 5.69 Å². The topological polar surface area (TPSA) is 20.3 Å². The molecular weight excluding hydrogens is 406 g/mol. The number of benzene rings is 3. The number of amides is 1. The normalized spacial score (nSPS) is 19.3. The van der Waals surface area contributed by atoms with Gasteiger partial charge in [0.1, 0.15) is 0 Å². The van der Waals surface area contributed by atoms with Gasteiger partial charge in [-0.25, -0.2) is 0 Å². The Kier molecular flexibility index (Phi) is 4.88. The molecular formula is C22H18BrNOS. The number of anilines is 1. The minimum atomic E-state index is -0.212. The van der Waals surface area contributed by atoms with Crippen molar-refractivity contribution in [2.24, 2.45) is 0 Å². The predicted octanol–water partition coefficient (Wildman–Crippen LogP) is 5.72. The third-order valence-corrected chi connectivity index (χ3v) is 7.05. The van der Waals surface area contributed by atoms with Gasteiger partial charge in [0.05, 0.1) is 5.25 Å². The van der Waals surface area contributed by atoms with Crippen LogP contribution in [-0.2, 0) is 4.79 Å². The Morgan fingerprint density at radius 3 is 2.31 bits per heavy atom. The number of para-hydroxylation sites is 1. The van der Waals surface area contributed by atoms with Gasteiger partial charge in [0.25, 0.3) is 0 Å². The second-order valence-corrected chi connectivity index (χ2v) is 8.35. The summed E-state index contributed by atoms with van der Waals surface area (Å²) in [6, 6.07) is 26.6. The van der Waals surface area contributed by atoms with Gasteiger partial charge < -0.3 is 4.90 Å². The summed E-state index contributed by atoms with van der Waals surface area (Å²) in [6.45, 7) is 0. The summed E-state index contributed by atoms with van der Waals surface area (Å²) < 4.78 is 1.02. The molecule has 0 aliphatic carbocycles. The van der Waals surface area contributed by atoms with Gasteiger partial charge >= 0.3 is 0 Å². The van der Waals surface area contributed by atoms with E-state index in [0.29, 0.717) is 0 Å². The zero-order chi connectivity index (χ0) is 18.1. The molecule has 0 unspecified atom stereocenters. The summed E-state index contributed by atoms with van der Waals surface area (Å²) in [5.41, 5.74) is 3.37. The number of halogens is 1. The van der Waals surface area contributed by atoms with Crippen LogP contribution in [-0.4, -0.2) is 18.2 Å². The fourth-order valence-corrected chi connectivity index (χ4v) is 5.36. The molecule has 1 aliphatic heterocycles. The van der Waals surface area contributed by atoms with Crippen molar-refractivity contribution in [2.75, 3.05) is 11.9 Å². The molecule has 0 saturated carbocycles. The molecule has 1 aliphatic rings. The van der Waals surface area contributed by atoms with Gasteiger partial charge in [0.2, 0.25) is 5.91 Å². The lowest BCUT2D eigenvalue weighted by Gasteiger charge is -2.37. The van der Waals surface area contributed by atoms with Crippen LogP contribution in [0.25, 0.3) is 0 Å². The molecule has 4 heteroatoms. The highest BCUT2D eigenvalue weighted by Gasteiger charge is 2.40. The molecule has 4 rings (SSSR count). The molecule has 26 heavy (non-hydrogen) atoms. The Bertz CT molecular complexity index is 944. The van der Waals surface area contributed by atoms with Crippen molar-refractivity contribution in [1.82, 2.24) is 0 Å². The van der Waals surface area contributed by atoms with Gasteiger partial charge in [-0.15, -0.1) is 11.8 Å². The van der Waals surface area contributed by atoms with Crippen molar-refractivity contribution in [3.63, 3.8) is 0 Å². The molecule has 0 radical (unpaired) electrons. The molecule has 3 aromatic rings. The Balaban J connectivity index is 1.85. The van der Waals surface area contributed by atoms with Crippen LogP contribution in [0, 0.1) is 0 Å². The first kappa shape index (κ1) is 17.4. The minimum Gasteiger partial charge on any atom is -0.314 e. The molecule has 3 aromatic carbocycles. The maximum Gasteiger partial charge on any atom is 0.241 e. The van der Waals surface area contributed by atoms with Gasteiger partial charge in [0.15, 0.2) is 0 Å². The molecule has 0 N–H and O–H groups in total. The summed E-state index contributed by atoms with van der Waals surface area (Å²) in [5.74, 6) is 0.159. The summed E-state index contributed by atoms with van der Waals surface area (Å²) >= 11 is 5.25. The monoisotopic (exact) mass is 423 g/mol. The Hall–Kier alpha value is -2.04. The summed E-state index contributed by atoms with van der Waals surface area (Å²) in [4.78, 5) is 16.2. The summed E-state index contributed by atoms with van der Waals surface area (Å²) in [5, 5.41) is -0.212. The van der Waals surface area contributed by atoms with Crippen LogP contribution in [0.1, 0.15) is 17.0 Å². The first-order valence-electron chi connectivity index (χ1n) is 8.49. The van der Waals surface area contributed by atoms with Crippen LogP contribution >= 0.6 is 27.7 Å². The van der Waals surface area contributed by atoms with E-state index in [-0.39, 0.29) is 17.1 Å². The van der Waals surface area contributed by atoms with Crippen molar-refractivity contribution in [3.8, 4) is 0 Å². The molecule has 1 heterocycles. The van der Waals surface area contributed by atoms with Crippen LogP contribution in [0.5, 0.6) is 0 Å². The minimum absolute atomic E-state index is 0.0215. The van der Waals surface area contributed by atoms with Crippen molar-refractivity contribution < 1.29 is 4.79 Å². The van der Waals surface area contributed by atoms with Gasteiger partial charge in [-0.2, -0.15) is 0 Å². The molecule has 0 saturated heterocycles. The van der Waals surface area contributed by atoms with Crippen molar-refractivity contribution in [3.05, 3.63) is 94.5 Å². The number of hydrogen-bond acceptors (Lipinski definition) is 2. The Morgan fingerprint density at radius 1 is 0.885 bits per heavy atom. The molecule has 2 atom stereocenters. The number of carbonyl (C=O) groups excluding carboxylic acids is 1. The van der Waals surface area contributed by atoms with E-state index in [1.807, 2.05) is 55.6 Å². The number of carbonyl (C=O) groups is 1. The molecule has 0 aromatic heterocycles. The van der Waals surface area contributed by atoms with E-state index in [0.717, 1.165) is 15.1 Å². The quantitative estimate of drug-likeness (QED) is 0.536. The van der Waals surface area contributed by atoms with E-state index >= 15 is 0 Å². The molecule has 130 valence electrons. The lowest BCUT2D eigenvalue weighted by molar-refractivity contribution is -0.118. The SMILES string of the molecule is CN1C(=O)[C@@H](Sc2ccccc2Br)[C@@H](c2ccccc2)c2ccccc21. The predicted molar refractivity (Wildman–Crippen MR) is 112 cm³/mol. The first-order chi connectivity index (χ1) is 12.7. The smallest absolute Gasteiger partial charge is 0.241 e. The van der Waals surface area contributed by atoms with Crippen LogP contribution in [0.3, 0.4) is 0 Å². The van der Waals surface area contributed by atoms with Crippen molar-refractivity contribution in [2.45, 2.75) is 16.1 Å². The summed E-state index contributed by atoms with van der Waals surface area (Å²) in [7, 11) is 1.87. The molecule has 0 fully saturated rings. The lowest BCUT2D eigenvalue weighted by Crippen LogP contribution is -2.43. The third-order valence-electron chi connectivity index (χ3n) is 4.76. The van der Waals surface area contributed by atoms with Crippen molar-refractivity contribution >= 4 is 39.3 Å². The lowest BCUT2D eigenvalue weighted by atomic mass is 9.84. The van der Waals surface area contributed by atoms with Crippen LogP contribution in [0.2, 0.25) is 0 Å². The second-order valence-electron chi connectivity index (χ2n) is 6.31. The number of thioether (sulfide) groups is 1. The zero-order valence-electron chi connectivity index (χ0n) is 14.3. The molecule has 0 spiro atoms. The van der Waals surface area contributed by atoms with E-state index < -0.39 is 0 Å². The number of hydrogen-bond donors (Lipinski definition) is 0. The number of fused-ring (bicyclic) bond motifs is 1. The van der Waals surface area contributed by atoms with Gasteiger partial charge in [-0.3, -0.25) is 4.79 Å². The fraction of sp³-hybridized carbons (Fsp3) is 0.136. The fourth-order valence-electron chi connectivity index (χ4n) is 3.48. The second kappa shape index (κ2) is 7.29. The molecule has 0 bridgehead atoms. The summed E-state index contributed by atoms with van der Waals surface area (Å²) in [6.07, 6.45) is 0. The molecule has 2 nitrogen and oxygen atoms in total. The third kappa shape index (κ3) is 3.08.